The molecule has 4 heteroatoms. The molecule has 0 spiro atoms. The highest BCUT2D eigenvalue weighted by atomic mass is 79.9. The zero-order valence-corrected chi connectivity index (χ0v) is 35.0. The third-order valence-electron chi connectivity index (χ3n) is 10.0. The minimum absolute atomic E-state index is 0. The van der Waals surface area contributed by atoms with Gasteiger partial charge in [0, 0.05) is 13.2 Å². The molecule has 0 bridgehead atoms. The minimum Gasteiger partial charge on any atom is -1.00 e. The molecule has 0 aliphatic carbocycles. The summed E-state index contributed by atoms with van der Waals surface area (Å²) in [5, 5.41) is 4.45. The topological polar surface area (TPSA) is 18.5 Å². The molecule has 0 amide bonds. The van der Waals surface area contributed by atoms with Gasteiger partial charge < -0.3 is 26.5 Å². The van der Waals surface area contributed by atoms with Crippen LogP contribution in [-0.2, 0) is 9.47 Å². The van der Waals surface area contributed by atoms with Gasteiger partial charge in [0.2, 0.25) is 0 Å². The number of unbranched alkanes of at least 4 members (excludes halogenated alkanes) is 16. The van der Waals surface area contributed by atoms with Gasteiger partial charge in [0.25, 0.3) is 0 Å². The quantitative estimate of drug-likeness (QED) is 0.0280. The molecule has 3 aromatic rings. The van der Waals surface area contributed by atoms with Crippen LogP contribution in [0.1, 0.15) is 149 Å². The molecule has 0 N–H and O–H groups in total. The first kappa shape index (κ1) is 45.4. The van der Waals surface area contributed by atoms with Crippen LogP contribution in [0.2, 0.25) is 0 Å². The normalized spacial score (nSPS) is 11.7. The number of rotatable bonds is 31. The van der Waals surface area contributed by atoms with Crippen molar-refractivity contribution in [3.8, 4) is 0 Å². The molecule has 0 fully saturated rings. The Bertz CT molecular complexity index is 1090. The van der Waals surface area contributed by atoms with Gasteiger partial charge in [-0.3, -0.25) is 0 Å². The van der Waals surface area contributed by atoms with Crippen molar-refractivity contribution in [1.29, 1.82) is 0 Å². The van der Waals surface area contributed by atoms with E-state index in [9.17, 15) is 0 Å². The summed E-state index contributed by atoms with van der Waals surface area (Å²) in [6.07, 6.45) is 32.7. The molecule has 0 heterocycles. The lowest BCUT2D eigenvalue weighted by Crippen LogP contribution is -3.00. The van der Waals surface area contributed by atoms with E-state index in [4.69, 9.17) is 9.47 Å². The van der Waals surface area contributed by atoms with Crippen LogP contribution in [0.4, 0.5) is 0 Å². The van der Waals surface area contributed by atoms with Crippen molar-refractivity contribution in [3.05, 3.63) is 103 Å². The molecule has 3 aromatic carbocycles. The molecule has 2 nitrogen and oxygen atoms in total. The van der Waals surface area contributed by atoms with Crippen molar-refractivity contribution in [2.75, 3.05) is 19.4 Å². The van der Waals surface area contributed by atoms with Gasteiger partial charge in [0.05, 0.1) is 6.16 Å². The van der Waals surface area contributed by atoms with E-state index in [0.717, 1.165) is 26.1 Å². The Hall–Kier alpha value is -1.77. The van der Waals surface area contributed by atoms with E-state index < -0.39 is 7.26 Å². The van der Waals surface area contributed by atoms with Gasteiger partial charge in [-0.1, -0.05) is 164 Å². The molecule has 0 saturated heterocycles. The van der Waals surface area contributed by atoms with Gasteiger partial charge in [-0.2, -0.15) is 0 Å². The number of hydrogen-bond acceptors (Lipinski definition) is 2. The van der Waals surface area contributed by atoms with Crippen LogP contribution in [0.5, 0.6) is 0 Å². The van der Waals surface area contributed by atoms with Crippen LogP contribution in [0.3, 0.4) is 0 Å². The van der Waals surface area contributed by atoms with Crippen molar-refractivity contribution < 1.29 is 26.5 Å². The van der Waals surface area contributed by atoms with E-state index in [0.29, 0.717) is 0 Å². The van der Waals surface area contributed by atoms with Crippen molar-refractivity contribution in [1.82, 2.24) is 0 Å². The Morgan fingerprint density at radius 2 is 0.824 bits per heavy atom. The lowest BCUT2D eigenvalue weighted by atomic mass is 10.1. The fourth-order valence-corrected chi connectivity index (χ4v) is 11.4. The first-order valence-electron chi connectivity index (χ1n) is 20.7. The molecule has 284 valence electrons. The second-order valence-electron chi connectivity index (χ2n) is 14.2. The van der Waals surface area contributed by atoms with Gasteiger partial charge >= 0.3 is 0 Å². The third-order valence-corrected chi connectivity index (χ3v) is 14.6. The Balaban J connectivity index is 0.00000901. The molecule has 0 radical (unpaired) electrons. The number of halogens is 1. The van der Waals surface area contributed by atoms with Gasteiger partial charge in [-0.05, 0) is 87.8 Å². The Morgan fingerprint density at radius 1 is 0.451 bits per heavy atom. The Labute approximate surface area is 325 Å². The second-order valence-corrected chi connectivity index (χ2v) is 17.8. The molecule has 0 saturated carbocycles. The molecule has 0 aliphatic rings. The highest BCUT2D eigenvalue weighted by Crippen LogP contribution is 2.55. The third kappa shape index (κ3) is 18.7. The highest BCUT2D eigenvalue weighted by molar-refractivity contribution is 7.95. The largest absolute Gasteiger partial charge is 1.00 e. The van der Waals surface area contributed by atoms with Crippen LogP contribution in [0.25, 0.3) is 0 Å². The van der Waals surface area contributed by atoms with Crippen LogP contribution in [-0.4, -0.2) is 25.7 Å². The van der Waals surface area contributed by atoms with E-state index in [2.05, 4.69) is 117 Å². The van der Waals surface area contributed by atoms with Crippen LogP contribution >= 0.6 is 7.26 Å². The zero-order valence-electron chi connectivity index (χ0n) is 32.5. The predicted molar refractivity (Wildman–Crippen MR) is 223 cm³/mol. The summed E-state index contributed by atoms with van der Waals surface area (Å²) >= 11 is 0. The summed E-state index contributed by atoms with van der Waals surface area (Å²) in [6, 6.07) is 33.8. The molecule has 0 unspecified atom stereocenters. The fraction of sp³-hybridized carbons (Fsp3) is 0.574. The average molecular weight is 780 g/mol. The summed E-state index contributed by atoms with van der Waals surface area (Å²) in [7, 11) is -1.73. The molecule has 3 rings (SSSR count). The van der Waals surface area contributed by atoms with Crippen LogP contribution in [0, 0.1) is 0 Å². The van der Waals surface area contributed by atoms with Gasteiger partial charge in [0.1, 0.15) is 23.2 Å². The summed E-state index contributed by atoms with van der Waals surface area (Å²) in [4.78, 5) is 0. The van der Waals surface area contributed by atoms with E-state index in [1.165, 1.54) is 144 Å². The van der Waals surface area contributed by atoms with Gasteiger partial charge in [0.15, 0.2) is 6.29 Å². The number of hydrogen-bond donors (Lipinski definition) is 0. The molecule has 0 aromatic heterocycles. The Kier molecular flexibility index (Phi) is 27.3. The number of allylic oxidation sites excluding steroid dienone is 2. The lowest BCUT2D eigenvalue weighted by molar-refractivity contribution is -0.148. The molecule has 51 heavy (non-hydrogen) atoms. The fourth-order valence-electron chi connectivity index (χ4n) is 7.08. The molecular formula is C47H72BrO2P. The zero-order chi connectivity index (χ0) is 35.2. The van der Waals surface area contributed by atoms with Crippen molar-refractivity contribution in [3.63, 3.8) is 0 Å². The van der Waals surface area contributed by atoms with Gasteiger partial charge in [-0.15, -0.1) is 0 Å². The van der Waals surface area contributed by atoms with Crippen molar-refractivity contribution in [2.45, 2.75) is 155 Å². The maximum Gasteiger partial charge on any atom is 0.157 e. The monoisotopic (exact) mass is 778 g/mol. The smallest absolute Gasteiger partial charge is 0.157 e. The Morgan fingerprint density at radius 3 is 1.25 bits per heavy atom. The maximum atomic E-state index is 6.29. The summed E-state index contributed by atoms with van der Waals surface area (Å²) in [6.45, 7) is 6.27. The number of ether oxygens (including phenoxy) is 2. The second kappa shape index (κ2) is 30.7. The van der Waals surface area contributed by atoms with Crippen LogP contribution < -0.4 is 32.9 Å². The predicted octanol–water partition coefficient (Wildman–Crippen LogP) is 10.1. The molecular weight excluding hydrogens is 707 g/mol. The SMILES string of the molecule is CCCCCCCCCOC(CCCCCC=CCCC[P+](c1ccccc1)(c1ccccc1)c1ccccc1)OCCCCCCCCC.[Br-]. The molecule has 0 aliphatic heterocycles. The van der Waals surface area contributed by atoms with Crippen LogP contribution in [0.15, 0.2) is 103 Å². The van der Waals surface area contributed by atoms with Crippen molar-refractivity contribution >= 4 is 23.2 Å². The maximum absolute atomic E-state index is 6.29. The van der Waals surface area contributed by atoms with Crippen molar-refractivity contribution in [2.24, 2.45) is 0 Å². The molecule has 0 atom stereocenters. The lowest BCUT2D eigenvalue weighted by Gasteiger charge is -2.27. The van der Waals surface area contributed by atoms with E-state index in [1.54, 1.807) is 0 Å². The van der Waals surface area contributed by atoms with E-state index in [1.807, 2.05) is 0 Å². The summed E-state index contributed by atoms with van der Waals surface area (Å²) < 4.78 is 12.6. The summed E-state index contributed by atoms with van der Waals surface area (Å²) in [5.74, 6) is 0. The van der Waals surface area contributed by atoms with E-state index >= 15 is 0 Å². The minimum atomic E-state index is -1.73. The summed E-state index contributed by atoms with van der Waals surface area (Å²) in [5.41, 5.74) is 0. The average Bonchev–Trinajstić information content (AvgIpc) is 3.17. The first-order valence-corrected chi connectivity index (χ1v) is 22.7. The standard InChI is InChI=1S/C47H72O2P.BrH/c1-3-5-7-9-14-18-31-41-48-47(49-42-32-19-15-10-8-6-4-2)40-30-17-13-11-12-16-20-33-43-50(44-34-24-21-25-35-44,45-36-26-22-27-37-45)46-38-28-23-29-39-46;/h12,16,21-29,34-39,47H,3-11,13-15,17-20,30-33,40-43H2,1-2H3;1H/q+1;/p-1. The number of benzene rings is 3. The first-order chi connectivity index (χ1) is 24.8. The van der Waals surface area contributed by atoms with Gasteiger partial charge in [-0.25, -0.2) is 0 Å². The van der Waals surface area contributed by atoms with E-state index in [-0.39, 0.29) is 23.3 Å². The highest BCUT2D eigenvalue weighted by Gasteiger charge is 2.44.